The van der Waals surface area contributed by atoms with Crippen molar-refractivity contribution >= 4 is 34.9 Å². The minimum Gasteiger partial charge on any atom is -0.306 e. The summed E-state index contributed by atoms with van der Waals surface area (Å²) < 4.78 is 15.5. The number of nitrogens with one attached hydrogen (secondary N) is 1. The summed E-state index contributed by atoms with van der Waals surface area (Å²) in [5.41, 5.74) is 1.89. The highest BCUT2D eigenvalue weighted by Crippen LogP contribution is 2.30. The lowest BCUT2D eigenvalue weighted by Gasteiger charge is -2.11. The van der Waals surface area contributed by atoms with Gasteiger partial charge in [0.05, 0.1) is 22.0 Å². The molecular weight excluding hydrogens is 412 g/mol. The molecule has 1 aromatic heterocycles. The molecule has 4 nitrogen and oxygen atoms in total. The van der Waals surface area contributed by atoms with Gasteiger partial charge in [0.25, 0.3) is 5.91 Å². The Morgan fingerprint density at radius 3 is 2.41 bits per heavy atom. The molecule has 0 bridgehead atoms. The van der Waals surface area contributed by atoms with Crippen LogP contribution < -0.4 is 5.32 Å². The van der Waals surface area contributed by atoms with Crippen LogP contribution in [0.25, 0.3) is 16.9 Å². The summed E-state index contributed by atoms with van der Waals surface area (Å²) in [6.07, 6.45) is 0. The fraction of sp³-hybridized carbons (Fsp3) is 0. The summed E-state index contributed by atoms with van der Waals surface area (Å²) in [4.78, 5) is 12.7. The van der Waals surface area contributed by atoms with Gasteiger partial charge in [-0.2, -0.15) is 5.10 Å². The van der Waals surface area contributed by atoms with E-state index < -0.39 is 11.7 Å². The number of halogens is 3. The maximum atomic E-state index is 14.0. The Labute approximate surface area is 176 Å². The second kappa shape index (κ2) is 8.07. The third kappa shape index (κ3) is 4.01. The SMILES string of the molecule is O=C(Nc1cc(-c2ccccc2)nn1-c1cc(Cl)ccc1Cl)c1ccccc1F. The predicted molar refractivity (Wildman–Crippen MR) is 113 cm³/mol. The van der Waals surface area contributed by atoms with E-state index >= 15 is 0 Å². The summed E-state index contributed by atoms with van der Waals surface area (Å²) in [6, 6.07) is 21.9. The van der Waals surface area contributed by atoms with Crippen molar-refractivity contribution < 1.29 is 9.18 Å². The first-order chi connectivity index (χ1) is 14.0. The Morgan fingerprint density at radius 2 is 1.66 bits per heavy atom. The molecule has 1 N–H and O–H groups in total. The van der Waals surface area contributed by atoms with Gasteiger partial charge in [-0.05, 0) is 30.3 Å². The number of benzene rings is 3. The van der Waals surface area contributed by atoms with E-state index in [0.29, 0.717) is 27.2 Å². The highest BCUT2D eigenvalue weighted by atomic mass is 35.5. The van der Waals surface area contributed by atoms with Crippen LogP contribution in [-0.2, 0) is 0 Å². The number of amides is 1. The van der Waals surface area contributed by atoms with Crippen molar-refractivity contribution in [3.63, 3.8) is 0 Å². The second-order valence-corrected chi connectivity index (χ2v) is 7.07. The van der Waals surface area contributed by atoms with Crippen LogP contribution in [0.2, 0.25) is 10.0 Å². The van der Waals surface area contributed by atoms with Crippen LogP contribution >= 0.6 is 23.2 Å². The van der Waals surface area contributed by atoms with E-state index in [0.717, 1.165) is 5.56 Å². The summed E-state index contributed by atoms with van der Waals surface area (Å²) >= 11 is 12.5. The molecule has 0 atom stereocenters. The van der Waals surface area contributed by atoms with Crippen LogP contribution in [0.4, 0.5) is 10.2 Å². The summed E-state index contributed by atoms with van der Waals surface area (Å²) in [7, 11) is 0. The monoisotopic (exact) mass is 425 g/mol. The molecule has 1 amide bonds. The first kappa shape index (κ1) is 19.2. The molecule has 0 saturated heterocycles. The molecule has 0 spiro atoms. The average Bonchev–Trinajstić information content (AvgIpc) is 3.14. The second-order valence-electron chi connectivity index (χ2n) is 6.22. The van der Waals surface area contributed by atoms with Crippen molar-refractivity contribution in [1.82, 2.24) is 9.78 Å². The maximum Gasteiger partial charge on any atom is 0.259 e. The molecule has 0 aliphatic heterocycles. The van der Waals surface area contributed by atoms with Gasteiger partial charge in [0.1, 0.15) is 11.6 Å². The number of anilines is 1. The molecule has 4 rings (SSSR count). The van der Waals surface area contributed by atoms with Crippen molar-refractivity contribution in [3.8, 4) is 16.9 Å². The molecule has 1 heterocycles. The van der Waals surface area contributed by atoms with Gasteiger partial charge in [-0.15, -0.1) is 0 Å². The maximum absolute atomic E-state index is 14.0. The highest BCUT2D eigenvalue weighted by molar-refractivity contribution is 6.34. The minimum atomic E-state index is -0.611. The van der Waals surface area contributed by atoms with Crippen molar-refractivity contribution in [3.05, 3.63) is 100 Å². The molecule has 0 radical (unpaired) electrons. The van der Waals surface area contributed by atoms with Gasteiger partial charge < -0.3 is 5.32 Å². The normalized spacial score (nSPS) is 10.7. The number of rotatable bonds is 4. The number of aromatic nitrogens is 2. The zero-order valence-electron chi connectivity index (χ0n) is 14.9. The first-order valence-corrected chi connectivity index (χ1v) is 9.45. The first-order valence-electron chi connectivity index (χ1n) is 8.70. The van der Waals surface area contributed by atoms with Gasteiger partial charge in [-0.3, -0.25) is 4.79 Å². The summed E-state index contributed by atoms with van der Waals surface area (Å²) in [6.45, 7) is 0. The van der Waals surface area contributed by atoms with E-state index in [1.807, 2.05) is 30.3 Å². The smallest absolute Gasteiger partial charge is 0.259 e. The number of carbonyl (C=O) groups is 1. The number of carbonyl (C=O) groups excluding carboxylic acids is 1. The highest BCUT2D eigenvalue weighted by Gasteiger charge is 2.18. The van der Waals surface area contributed by atoms with Crippen LogP contribution in [0, 0.1) is 5.82 Å². The topological polar surface area (TPSA) is 46.9 Å². The van der Waals surface area contributed by atoms with E-state index in [-0.39, 0.29) is 5.56 Å². The van der Waals surface area contributed by atoms with Crippen LogP contribution in [-0.4, -0.2) is 15.7 Å². The fourth-order valence-electron chi connectivity index (χ4n) is 2.88. The standard InChI is InChI=1S/C22H14Cl2FN3O/c23-15-10-11-17(24)20(12-15)28-21(13-19(27-28)14-6-2-1-3-7-14)26-22(29)16-8-4-5-9-18(16)25/h1-13H,(H,26,29). The van der Waals surface area contributed by atoms with Crippen LogP contribution in [0.5, 0.6) is 0 Å². The third-order valence-corrected chi connectivity index (χ3v) is 4.83. The third-order valence-electron chi connectivity index (χ3n) is 4.28. The van der Waals surface area contributed by atoms with Gasteiger partial charge in [-0.1, -0.05) is 65.7 Å². The van der Waals surface area contributed by atoms with E-state index in [1.165, 1.54) is 22.9 Å². The quantitative estimate of drug-likeness (QED) is 0.420. The van der Waals surface area contributed by atoms with Gasteiger partial charge in [-0.25, -0.2) is 9.07 Å². The Morgan fingerprint density at radius 1 is 0.931 bits per heavy atom. The van der Waals surface area contributed by atoms with Crippen molar-refractivity contribution in [2.45, 2.75) is 0 Å². The van der Waals surface area contributed by atoms with Gasteiger partial charge in [0, 0.05) is 16.7 Å². The van der Waals surface area contributed by atoms with Crippen LogP contribution in [0.3, 0.4) is 0 Å². The Bertz CT molecular complexity index is 1190. The largest absolute Gasteiger partial charge is 0.306 e. The van der Waals surface area contributed by atoms with Gasteiger partial charge >= 0.3 is 0 Å². The van der Waals surface area contributed by atoms with E-state index in [9.17, 15) is 9.18 Å². The molecular formula is C22H14Cl2FN3O. The molecule has 29 heavy (non-hydrogen) atoms. The molecule has 3 aromatic carbocycles. The van der Waals surface area contributed by atoms with Crippen molar-refractivity contribution in [2.24, 2.45) is 0 Å². The molecule has 7 heteroatoms. The van der Waals surface area contributed by atoms with Crippen molar-refractivity contribution in [1.29, 1.82) is 0 Å². The molecule has 4 aromatic rings. The Balaban J connectivity index is 1.81. The van der Waals surface area contributed by atoms with E-state index in [4.69, 9.17) is 23.2 Å². The van der Waals surface area contributed by atoms with E-state index in [2.05, 4.69) is 10.4 Å². The fourth-order valence-corrected chi connectivity index (χ4v) is 3.24. The molecule has 144 valence electrons. The average molecular weight is 426 g/mol. The Kier molecular flexibility index (Phi) is 5.34. The zero-order valence-corrected chi connectivity index (χ0v) is 16.5. The lowest BCUT2D eigenvalue weighted by molar-refractivity contribution is 0.102. The number of hydrogen-bond acceptors (Lipinski definition) is 2. The zero-order chi connectivity index (χ0) is 20.4. The Hall–Kier alpha value is -3.15. The van der Waals surface area contributed by atoms with Gasteiger partial charge in [0.15, 0.2) is 0 Å². The minimum absolute atomic E-state index is 0.0706. The van der Waals surface area contributed by atoms with E-state index in [1.54, 1.807) is 30.3 Å². The van der Waals surface area contributed by atoms with Crippen LogP contribution in [0.1, 0.15) is 10.4 Å². The lowest BCUT2D eigenvalue weighted by Crippen LogP contribution is -2.16. The predicted octanol–water partition coefficient (Wildman–Crippen LogP) is 6.24. The molecule has 0 fully saturated rings. The summed E-state index contributed by atoms with van der Waals surface area (Å²) in [5, 5.41) is 8.18. The van der Waals surface area contributed by atoms with Crippen molar-refractivity contribution in [2.75, 3.05) is 5.32 Å². The number of nitrogens with zero attached hydrogens (tertiary/aromatic N) is 2. The lowest BCUT2D eigenvalue weighted by atomic mass is 10.1. The summed E-state index contributed by atoms with van der Waals surface area (Å²) in [5.74, 6) is -0.872. The molecule has 0 unspecified atom stereocenters. The van der Waals surface area contributed by atoms with Crippen LogP contribution in [0.15, 0.2) is 78.9 Å². The van der Waals surface area contributed by atoms with Gasteiger partial charge in [0.2, 0.25) is 0 Å². The molecule has 0 aliphatic rings. The molecule has 0 saturated carbocycles. The number of hydrogen-bond donors (Lipinski definition) is 1. The molecule has 0 aliphatic carbocycles.